The Morgan fingerprint density at radius 2 is 2.00 bits per heavy atom. The Morgan fingerprint density at radius 3 is 2.76 bits per heavy atom. The molecule has 0 spiro atoms. The van der Waals surface area contributed by atoms with Crippen molar-refractivity contribution < 1.29 is 10.2 Å². The van der Waals surface area contributed by atoms with Gasteiger partial charge in [-0.1, -0.05) is 30.3 Å². The average Bonchev–Trinajstić information content (AvgIpc) is 3.01. The Balaban J connectivity index is 1.69. The van der Waals surface area contributed by atoms with Crippen LogP contribution in [0, 0.1) is 5.92 Å². The van der Waals surface area contributed by atoms with Crippen molar-refractivity contribution in [2.24, 2.45) is 5.92 Å². The Hall–Kier alpha value is -2.28. The van der Waals surface area contributed by atoms with E-state index in [-0.39, 0.29) is 12.5 Å². The van der Waals surface area contributed by atoms with Gasteiger partial charge in [-0.15, -0.1) is 0 Å². The highest BCUT2D eigenvalue weighted by atomic mass is 16.3. The lowest BCUT2D eigenvalue weighted by molar-refractivity contribution is -0.00481. The largest absolute Gasteiger partial charge is 0.396 e. The van der Waals surface area contributed by atoms with Crippen molar-refractivity contribution in [3.05, 3.63) is 54.5 Å². The molecule has 4 rings (SSSR count). The van der Waals surface area contributed by atoms with E-state index in [1.54, 1.807) is 6.20 Å². The van der Waals surface area contributed by atoms with Gasteiger partial charge in [-0.3, -0.25) is 9.30 Å². The first-order valence-electron chi connectivity index (χ1n) is 8.65. The number of hydrogen-bond acceptors (Lipinski definition) is 5. The number of likely N-dealkylation sites (tertiary alicyclic amines) is 1. The van der Waals surface area contributed by atoms with Crippen molar-refractivity contribution >= 4 is 5.78 Å². The van der Waals surface area contributed by atoms with Crippen LogP contribution in [-0.4, -0.2) is 55.3 Å². The van der Waals surface area contributed by atoms with E-state index in [4.69, 9.17) is 4.98 Å². The summed E-state index contributed by atoms with van der Waals surface area (Å²) in [6.45, 7) is 2.15. The van der Waals surface area contributed by atoms with Gasteiger partial charge < -0.3 is 10.2 Å². The van der Waals surface area contributed by atoms with E-state index in [2.05, 4.69) is 22.0 Å². The van der Waals surface area contributed by atoms with Crippen molar-refractivity contribution in [2.45, 2.75) is 19.1 Å². The maximum absolute atomic E-state index is 10.2. The standard InChI is InChI=1S/C19H22N4O2/c24-13-15-7-10-22(12-17(15)25)11-16-18(14-5-2-1-3-6-14)21-19-20-8-4-9-23(16)19/h1-6,8-9,15,17,24-25H,7,10-13H2/t15-,17+/m1/s1. The fourth-order valence-electron chi connectivity index (χ4n) is 3.53. The number of rotatable bonds is 4. The molecule has 3 aromatic rings. The van der Waals surface area contributed by atoms with Crippen LogP contribution in [0.3, 0.4) is 0 Å². The van der Waals surface area contributed by atoms with E-state index < -0.39 is 6.10 Å². The first kappa shape index (κ1) is 16.2. The van der Waals surface area contributed by atoms with Crippen LogP contribution in [0.25, 0.3) is 17.0 Å². The summed E-state index contributed by atoms with van der Waals surface area (Å²) >= 11 is 0. The van der Waals surface area contributed by atoms with Crippen LogP contribution in [0.4, 0.5) is 0 Å². The molecule has 3 heterocycles. The van der Waals surface area contributed by atoms with Gasteiger partial charge >= 0.3 is 0 Å². The van der Waals surface area contributed by atoms with E-state index >= 15 is 0 Å². The highest BCUT2D eigenvalue weighted by Crippen LogP contribution is 2.26. The molecular weight excluding hydrogens is 316 g/mol. The van der Waals surface area contributed by atoms with E-state index in [9.17, 15) is 10.2 Å². The molecule has 0 saturated carbocycles. The minimum atomic E-state index is -0.490. The van der Waals surface area contributed by atoms with Crippen LogP contribution in [0.1, 0.15) is 12.1 Å². The zero-order chi connectivity index (χ0) is 17.2. The topological polar surface area (TPSA) is 73.9 Å². The lowest BCUT2D eigenvalue weighted by atomic mass is 9.94. The first-order valence-corrected chi connectivity index (χ1v) is 8.65. The lowest BCUT2D eigenvalue weighted by Gasteiger charge is -2.35. The first-order chi connectivity index (χ1) is 12.3. The van der Waals surface area contributed by atoms with Gasteiger partial charge in [-0.2, -0.15) is 0 Å². The zero-order valence-electron chi connectivity index (χ0n) is 14.0. The number of nitrogens with zero attached hydrogens (tertiary/aromatic N) is 4. The fraction of sp³-hybridized carbons (Fsp3) is 0.368. The second kappa shape index (κ2) is 6.92. The smallest absolute Gasteiger partial charge is 0.234 e. The molecule has 1 saturated heterocycles. The van der Waals surface area contributed by atoms with Gasteiger partial charge in [-0.05, 0) is 19.0 Å². The van der Waals surface area contributed by atoms with Crippen molar-refractivity contribution in [2.75, 3.05) is 19.7 Å². The van der Waals surface area contributed by atoms with Gasteiger partial charge in [0.15, 0.2) is 0 Å². The number of piperidine rings is 1. The van der Waals surface area contributed by atoms with Crippen LogP contribution >= 0.6 is 0 Å². The summed E-state index contributed by atoms with van der Waals surface area (Å²) in [5, 5.41) is 19.6. The molecule has 1 aromatic carbocycles. The van der Waals surface area contributed by atoms with Crippen LogP contribution in [-0.2, 0) is 6.54 Å². The molecule has 2 N–H and O–H groups in total. The molecule has 0 bridgehead atoms. The minimum Gasteiger partial charge on any atom is -0.396 e. The van der Waals surface area contributed by atoms with Crippen molar-refractivity contribution in [3.63, 3.8) is 0 Å². The van der Waals surface area contributed by atoms with Gasteiger partial charge in [-0.25, -0.2) is 9.97 Å². The third kappa shape index (κ3) is 3.16. The summed E-state index contributed by atoms with van der Waals surface area (Å²) in [5.74, 6) is 0.663. The summed E-state index contributed by atoms with van der Waals surface area (Å²) in [5.41, 5.74) is 3.07. The molecule has 2 aromatic heterocycles. The number of hydrogen-bond donors (Lipinski definition) is 2. The third-order valence-electron chi connectivity index (χ3n) is 4.96. The monoisotopic (exact) mass is 338 g/mol. The SMILES string of the molecule is OC[C@H]1CCN(Cc2c(-c3ccccc3)nc3ncccn23)C[C@@H]1O. The van der Waals surface area contributed by atoms with Gasteiger partial charge in [0.1, 0.15) is 0 Å². The summed E-state index contributed by atoms with van der Waals surface area (Å²) < 4.78 is 2.02. The van der Waals surface area contributed by atoms with E-state index in [1.807, 2.05) is 34.9 Å². The number of aromatic nitrogens is 3. The van der Waals surface area contributed by atoms with Gasteiger partial charge in [0.05, 0.1) is 17.5 Å². The van der Waals surface area contributed by atoms with E-state index in [0.29, 0.717) is 18.9 Å². The fourth-order valence-corrected chi connectivity index (χ4v) is 3.53. The Morgan fingerprint density at radius 1 is 1.16 bits per heavy atom. The molecule has 25 heavy (non-hydrogen) atoms. The molecule has 0 amide bonds. The Labute approximate surface area is 146 Å². The van der Waals surface area contributed by atoms with Crippen LogP contribution < -0.4 is 0 Å². The molecule has 130 valence electrons. The average molecular weight is 338 g/mol. The van der Waals surface area contributed by atoms with Crippen molar-refractivity contribution in [1.82, 2.24) is 19.3 Å². The zero-order valence-corrected chi connectivity index (χ0v) is 14.0. The molecular formula is C19H22N4O2. The normalized spacial score (nSPS) is 21.7. The Bertz CT molecular complexity index is 849. The minimum absolute atomic E-state index is 0.0197. The summed E-state index contributed by atoms with van der Waals surface area (Å²) in [6.07, 6.45) is 4.04. The molecule has 1 aliphatic rings. The summed E-state index contributed by atoms with van der Waals surface area (Å²) in [7, 11) is 0. The van der Waals surface area contributed by atoms with Crippen molar-refractivity contribution in [3.8, 4) is 11.3 Å². The number of aliphatic hydroxyl groups excluding tert-OH is 2. The summed E-state index contributed by atoms with van der Waals surface area (Å²) in [4.78, 5) is 11.3. The lowest BCUT2D eigenvalue weighted by Crippen LogP contribution is -2.44. The van der Waals surface area contributed by atoms with Gasteiger partial charge in [0, 0.05) is 43.6 Å². The quantitative estimate of drug-likeness (QED) is 0.755. The number of β-amino-alcohol motifs (C(OH)–C–C–N with tert-alkyl or cyclic N) is 1. The molecule has 6 nitrogen and oxygen atoms in total. The molecule has 0 unspecified atom stereocenters. The summed E-state index contributed by atoms with van der Waals surface area (Å²) in [6, 6.07) is 12.0. The van der Waals surface area contributed by atoms with E-state index in [0.717, 1.165) is 29.9 Å². The predicted molar refractivity (Wildman–Crippen MR) is 94.9 cm³/mol. The third-order valence-corrected chi connectivity index (χ3v) is 4.96. The highest BCUT2D eigenvalue weighted by Gasteiger charge is 2.28. The second-order valence-corrected chi connectivity index (χ2v) is 6.60. The van der Waals surface area contributed by atoms with Gasteiger partial charge in [0.25, 0.3) is 0 Å². The Kier molecular flexibility index (Phi) is 4.48. The molecule has 1 aliphatic heterocycles. The number of aliphatic hydroxyl groups is 2. The van der Waals surface area contributed by atoms with Gasteiger partial charge in [0.2, 0.25) is 5.78 Å². The highest BCUT2D eigenvalue weighted by molar-refractivity contribution is 5.65. The van der Waals surface area contributed by atoms with Crippen LogP contribution in [0.5, 0.6) is 0 Å². The van der Waals surface area contributed by atoms with E-state index in [1.165, 1.54) is 0 Å². The maximum Gasteiger partial charge on any atom is 0.234 e. The molecule has 6 heteroatoms. The molecule has 0 radical (unpaired) electrons. The predicted octanol–water partition coefficient (Wildman–Crippen LogP) is 1.57. The van der Waals surface area contributed by atoms with Crippen molar-refractivity contribution in [1.29, 1.82) is 0 Å². The molecule has 0 aliphatic carbocycles. The molecule has 1 fully saturated rings. The van der Waals surface area contributed by atoms with Crippen LogP contribution in [0.2, 0.25) is 0 Å². The maximum atomic E-state index is 10.2. The number of fused-ring (bicyclic) bond motifs is 1. The number of benzene rings is 1. The molecule has 2 atom stereocenters. The number of imidazole rings is 1. The van der Waals surface area contributed by atoms with Crippen LogP contribution in [0.15, 0.2) is 48.8 Å². The second-order valence-electron chi connectivity index (χ2n) is 6.60.